The summed E-state index contributed by atoms with van der Waals surface area (Å²) in [6.07, 6.45) is 1.40. The van der Waals surface area contributed by atoms with Crippen molar-refractivity contribution in [2.24, 2.45) is 4.40 Å². The van der Waals surface area contributed by atoms with Crippen molar-refractivity contribution < 1.29 is 9.13 Å². The van der Waals surface area contributed by atoms with Crippen molar-refractivity contribution >= 4 is 35.2 Å². The molecule has 0 amide bonds. The number of pyridine rings is 1. The van der Waals surface area contributed by atoms with E-state index in [1.807, 2.05) is 18.2 Å². The molecule has 2 heterocycles. The summed E-state index contributed by atoms with van der Waals surface area (Å²) >= 11 is 7.42. The average Bonchev–Trinajstić information content (AvgIpc) is 2.57. The summed E-state index contributed by atoms with van der Waals surface area (Å²) in [6.45, 7) is 1.20. The monoisotopic (exact) mass is 352 g/mol. The summed E-state index contributed by atoms with van der Waals surface area (Å²) in [6, 6.07) is 7.40. The van der Waals surface area contributed by atoms with Gasteiger partial charge in [0.15, 0.2) is 0 Å². The normalized spacial score (nSPS) is 13.1. The molecular formula is C15H14ClFN4OS. The molecule has 0 spiro atoms. The Morgan fingerprint density at radius 3 is 3.04 bits per heavy atom. The van der Waals surface area contributed by atoms with Crippen molar-refractivity contribution in [3.05, 3.63) is 41.4 Å². The van der Waals surface area contributed by atoms with E-state index in [9.17, 15) is 4.39 Å². The second-order valence-electron chi connectivity index (χ2n) is 4.72. The van der Waals surface area contributed by atoms with Gasteiger partial charge in [0.25, 0.3) is 0 Å². The van der Waals surface area contributed by atoms with Crippen LogP contribution in [-0.4, -0.2) is 31.2 Å². The first-order chi connectivity index (χ1) is 11.2. The molecule has 2 aromatic rings. The van der Waals surface area contributed by atoms with Crippen LogP contribution in [0.3, 0.4) is 0 Å². The number of hydrogen-bond acceptors (Lipinski definition) is 6. The third-order valence-corrected chi connectivity index (χ3v) is 4.41. The van der Waals surface area contributed by atoms with Crippen molar-refractivity contribution in [3.8, 4) is 11.1 Å². The lowest BCUT2D eigenvalue weighted by molar-refractivity contribution is 0.204. The van der Waals surface area contributed by atoms with E-state index in [4.69, 9.17) is 16.3 Å². The maximum Gasteiger partial charge on any atom is 0.232 e. The van der Waals surface area contributed by atoms with Crippen molar-refractivity contribution in [1.82, 2.24) is 10.3 Å². The molecule has 0 saturated carbocycles. The Labute approximate surface area is 142 Å². The van der Waals surface area contributed by atoms with Crippen LogP contribution in [0, 0.1) is 5.95 Å². The zero-order chi connectivity index (χ0) is 16.2. The van der Waals surface area contributed by atoms with E-state index in [-0.39, 0.29) is 5.02 Å². The number of hydrogen-bond donors (Lipinski definition) is 2. The number of nitrogens with zero attached hydrogens (tertiary/aromatic N) is 2. The van der Waals surface area contributed by atoms with Gasteiger partial charge in [-0.2, -0.15) is 8.79 Å². The molecule has 0 unspecified atom stereocenters. The van der Waals surface area contributed by atoms with Gasteiger partial charge in [-0.25, -0.2) is 4.98 Å². The number of benzene rings is 1. The Morgan fingerprint density at radius 2 is 2.22 bits per heavy atom. The highest BCUT2D eigenvalue weighted by Gasteiger charge is 2.19. The number of nitrogens with one attached hydrogen (secondary N) is 2. The van der Waals surface area contributed by atoms with Crippen LogP contribution in [0.1, 0.15) is 0 Å². The smallest absolute Gasteiger partial charge is 0.232 e. The van der Waals surface area contributed by atoms with E-state index in [1.54, 1.807) is 13.2 Å². The Kier molecular flexibility index (Phi) is 5.00. The van der Waals surface area contributed by atoms with E-state index in [1.165, 1.54) is 18.1 Å². The lowest BCUT2D eigenvalue weighted by atomic mass is 10.0. The Morgan fingerprint density at radius 1 is 1.35 bits per heavy atom. The third kappa shape index (κ3) is 3.41. The second-order valence-corrected chi connectivity index (χ2v) is 5.90. The molecular weight excluding hydrogens is 339 g/mol. The molecule has 0 bridgehead atoms. The van der Waals surface area contributed by atoms with Crippen LogP contribution in [0.5, 0.6) is 0 Å². The van der Waals surface area contributed by atoms with Gasteiger partial charge in [0.1, 0.15) is 5.02 Å². The van der Waals surface area contributed by atoms with Gasteiger partial charge in [-0.15, -0.1) is 0 Å². The molecule has 0 aliphatic carbocycles. The van der Waals surface area contributed by atoms with E-state index in [0.717, 1.165) is 16.1 Å². The fraction of sp³-hybridized carbons (Fsp3) is 0.200. The molecule has 0 saturated heterocycles. The van der Waals surface area contributed by atoms with Gasteiger partial charge >= 0.3 is 0 Å². The van der Waals surface area contributed by atoms with Crippen LogP contribution >= 0.6 is 23.5 Å². The molecule has 1 aromatic heterocycles. The largest absolute Gasteiger partial charge is 0.383 e. The fourth-order valence-electron chi connectivity index (χ4n) is 2.17. The zero-order valence-corrected chi connectivity index (χ0v) is 13.8. The lowest BCUT2D eigenvalue weighted by Crippen LogP contribution is -2.34. The SMILES string of the molecule is COCCNC1=NSc2cccc(-c3ccnc(F)c3Cl)c2N1. The topological polar surface area (TPSA) is 58.5 Å². The number of anilines is 1. The maximum atomic E-state index is 13.7. The number of rotatable bonds is 4. The molecule has 0 atom stereocenters. The predicted molar refractivity (Wildman–Crippen MR) is 91.4 cm³/mol. The lowest BCUT2D eigenvalue weighted by Gasteiger charge is -2.21. The maximum absolute atomic E-state index is 13.7. The standard InChI is InChI=1S/C15H14ClFN4OS/c1-22-8-7-19-15-20-13-10(3-2-4-11(13)23-21-15)9-5-6-18-14(17)12(9)16/h2-6H,7-8H2,1H3,(H2,19,20,21). The Bertz CT molecular complexity index is 756. The minimum Gasteiger partial charge on any atom is -0.383 e. The highest BCUT2D eigenvalue weighted by Crippen LogP contribution is 2.41. The summed E-state index contributed by atoms with van der Waals surface area (Å²) in [5.41, 5.74) is 2.21. The average molecular weight is 353 g/mol. The van der Waals surface area contributed by atoms with Crippen LogP contribution in [0.2, 0.25) is 5.02 Å². The van der Waals surface area contributed by atoms with Crippen LogP contribution in [-0.2, 0) is 4.74 Å². The zero-order valence-electron chi connectivity index (χ0n) is 12.3. The van der Waals surface area contributed by atoms with Crippen LogP contribution in [0.25, 0.3) is 11.1 Å². The minimum atomic E-state index is -0.683. The highest BCUT2D eigenvalue weighted by molar-refractivity contribution is 7.98. The van der Waals surface area contributed by atoms with E-state index in [0.29, 0.717) is 24.7 Å². The molecule has 0 radical (unpaired) electrons. The van der Waals surface area contributed by atoms with Crippen molar-refractivity contribution in [2.75, 3.05) is 25.6 Å². The van der Waals surface area contributed by atoms with Gasteiger partial charge in [0.2, 0.25) is 11.9 Å². The van der Waals surface area contributed by atoms with Gasteiger partial charge in [-0.1, -0.05) is 23.7 Å². The van der Waals surface area contributed by atoms with Crippen molar-refractivity contribution in [2.45, 2.75) is 4.90 Å². The number of para-hydroxylation sites is 1. The molecule has 1 aliphatic rings. The number of halogens is 2. The van der Waals surface area contributed by atoms with Gasteiger partial charge < -0.3 is 15.4 Å². The fourth-order valence-corrected chi connectivity index (χ4v) is 3.08. The first-order valence-corrected chi connectivity index (χ1v) is 8.04. The molecule has 1 aliphatic heterocycles. The van der Waals surface area contributed by atoms with Crippen molar-refractivity contribution in [3.63, 3.8) is 0 Å². The molecule has 23 heavy (non-hydrogen) atoms. The van der Waals surface area contributed by atoms with Gasteiger partial charge in [-0.05, 0) is 12.1 Å². The third-order valence-electron chi connectivity index (χ3n) is 3.24. The summed E-state index contributed by atoms with van der Waals surface area (Å²) in [7, 11) is 1.64. The number of aromatic nitrogens is 1. The Hall–Kier alpha value is -1.83. The predicted octanol–water partition coefficient (Wildman–Crippen LogP) is 3.57. The highest BCUT2D eigenvalue weighted by atomic mass is 35.5. The molecule has 2 N–H and O–H groups in total. The number of ether oxygens (including phenoxy) is 1. The molecule has 0 fully saturated rings. The number of guanidine groups is 1. The molecule has 1 aromatic carbocycles. The van der Waals surface area contributed by atoms with Crippen LogP contribution in [0.4, 0.5) is 10.1 Å². The summed E-state index contributed by atoms with van der Waals surface area (Å²) < 4.78 is 23.0. The van der Waals surface area contributed by atoms with E-state index < -0.39 is 5.95 Å². The van der Waals surface area contributed by atoms with Gasteiger partial charge in [0.05, 0.1) is 17.2 Å². The summed E-state index contributed by atoms with van der Waals surface area (Å²) in [5.74, 6) is -0.0602. The quantitative estimate of drug-likeness (QED) is 0.500. The summed E-state index contributed by atoms with van der Waals surface area (Å²) in [4.78, 5) is 4.51. The second kappa shape index (κ2) is 7.16. The van der Waals surface area contributed by atoms with Gasteiger partial charge in [0, 0.05) is 42.9 Å². The first kappa shape index (κ1) is 16.0. The Balaban J connectivity index is 1.93. The van der Waals surface area contributed by atoms with Crippen LogP contribution in [0.15, 0.2) is 39.8 Å². The molecule has 120 valence electrons. The molecule has 5 nitrogen and oxygen atoms in total. The van der Waals surface area contributed by atoms with E-state index >= 15 is 0 Å². The number of methoxy groups -OCH3 is 1. The van der Waals surface area contributed by atoms with Gasteiger partial charge in [-0.3, -0.25) is 0 Å². The van der Waals surface area contributed by atoms with E-state index in [2.05, 4.69) is 20.0 Å². The summed E-state index contributed by atoms with van der Waals surface area (Å²) in [5, 5.41) is 6.38. The molecule has 3 rings (SSSR count). The number of fused-ring (bicyclic) bond motifs is 1. The van der Waals surface area contributed by atoms with Crippen molar-refractivity contribution in [1.29, 1.82) is 0 Å². The minimum absolute atomic E-state index is 0.00380. The first-order valence-electron chi connectivity index (χ1n) is 6.89. The molecule has 8 heteroatoms. The van der Waals surface area contributed by atoms with Crippen LogP contribution < -0.4 is 10.6 Å².